The maximum absolute atomic E-state index is 5.25. The molecule has 2 aromatic rings. The zero-order valence-electron chi connectivity index (χ0n) is 14.8. The molecule has 0 N–H and O–H groups in total. The molecule has 0 spiro atoms. The molecule has 0 unspecified atom stereocenters. The van der Waals surface area contributed by atoms with Gasteiger partial charge in [-0.25, -0.2) is 4.98 Å². The number of aromatic nitrogens is 1. The maximum Gasteiger partial charge on any atom is 0.0904 e. The highest BCUT2D eigenvalue weighted by Gasteiger charge is 2.22. The number of fused-ring (bicyclic) bond motifs is 3. The number of aryl methyl sites for hydroxylation is 3. The summed E-state index contributed by atoms with van der Waals surface area (Å²) in [6, 6.07) is 4.60. The topological polar surface area (TPSA) is 22.1 Å². The predicted molar refractivity (Wildman–Crippen MR) is 95.9 cm³/mol. The van der Waals surface area contributed by atoms with Crippen LogP contribution in [0.5, 0.6) is 0 Å². The van der Waals surface area contributed by atoms with Crippen molar-refractivity contribution in [1.29, 1.82) is 0 Å². The minimum absolute atomic E-state index is 0.375. The molecule has 1 aliphatic carbocycles. The number of hydrogen-bond donors (Lipinski definition) is 0. The standard InChI is InChI=1S/C13H13NS.C6H14O/c1-7-4-10-6-12-13(14-9(3)15-12)11(10)5-8(7)2;1-5(2)7-6(3)4/h4-5H,6H2,1-3H3;5-6H,1-4H3. The third-order valence-corrected chi connectivity index (χ3v) is 4.65. The van der Waals surface area contributed by atoms with E-state index in [1.165, 1.54) is 37.8 Å². The normalized spacial score (nSPS) is 12.2. The van der Waals surface area contributed by atoms with Gasteiger partial charge in [0.25, 0.3) is 0 Å². The van der Waals surface area contributed by atoms with Crippen LogP contribution in [0.1, 0.15) is 54.3 Å². The van der Waals surface area contributed by atoms with Gasteiger partial charge in [-0.05, 0) is 71.2 Å². The summed E-state index contributed by atoms with van der Waals surface area (Å²) >= 11 is 1.83. The van der Waals surface area contributed by atoms with E-state index < -0.39 is 0 Å². The second kappa shape index (κ2) is 6.93. The van der Waals surface area contributed by atoms with Gasteiger partial charge in [0, 0.05) is 16.9 Å². The third kappa shape index (κ3) is 3.96. The SMILES string of the molecule is CC(C)OC(C)C.Cc1nc2c(s1)Cc1cc(C)c(C)cc1-2. The molecule has 3 rings (SSSR count). The third-order valence-electron chi connectivity index (χ3n) is 3.67. The van der Waals surface area contributed by atoms with Crippen LogP contribution in [0.15, 0.2) is 12.1 Å². The minimum Gasteiger partial charge on any atom is -0.376 e. The Morgan fingerprint density at radius 2 is 1.59 bits per heavy atom. The van der Waals surface area contributed by atoms with Crippen LogP contribution in [0, 0.1) is 20.8 Å². The average molecular weight is 317 g/mol. The highest BCUT2D eigenvalue weighted by molar-refractivity contribution is 7.12. The van der Waals surface area contributed by atoms with E-state index >= 15 is 0 Å². The zero-order chi connectivity index (χ0) is 16.4. The first-order valence-corrected chi connectivity index (χ1v) is 8.81. The molecule has 120 valence electrons. The van der Waals surface area contributed by atoms with Gasteiger partial charge in [0.1, 0.15) is 0 Å². The predicted octanol–water partition coefficient (Wildman–Crippen LogP) is 5.46. The summed E-state index contributed by atoms with van der Waals surface area (Å²) < 4.78 is 5.25. The van der Waals surface area contributed by atoms with Crippen molar-refractivity contribution in [3.05, 3.63) is 38.7 Å². The smallest absolute Gasteiger partial charge is 0.0904 e. The quantitative estimate of drug-likeness (QED) is 0.626. The van der Waals surface area contributed by atoms with E-state index in [2.05, 4.69) is 37.9 Å². The van der Waals surface area contributed by atoms with Gasteiger partial charge >= 0.3 is 0 Å². The van der Waals surface area contributed by atoms with Crippen molar-refractivity contribution in [1.82, 2.24) is 4.98 Å². The summed E-state index contributed by atoms with van der Waals surface area (Å²) in [5, 5.41) is 1.18. The van der Waals surface area contributed by atoms with Gasteiger partial charge in [-0.1, -0.05) is 6.07 Å². The van der Waals surface area contributed by atoms with E-state index in [9.17, 15) is 0 Å². The lowest BCUT2D eigenvalue weighted by atomic mass is 10.0. The van der Waals surface area contributed by atoms with Crippen molar-refractivity contribution in [3.63, 3.8) is 0 Å². The Morgan fingerprint density at radius 1 is 1.00 bits per heavy atom. The molecule has 1 aromatic heterocycles. The summed E-state index contributed by atoms with van der Waals surface area (Å²) in [5.41, 5.74) is 6.80. The summed E-state index contributed by atoms with van der Waals surface area (Å²) in [6.07, 6.45) is 1.83. The summed E-state index contributed by atoms with van der Waals surface area (Å²) in [5.74, 6) is 0. The first kappa shape index (κ1) is 17.2. The number of rotatable bonds is 2. The highest BCUT2D eigenvalue weighted by atomic mass is 32.1. The van der Waals surface area contributed by atoms with Gasteiger partial charge in [-0.2, -0.15) is 0 Å². The Bertz CT molecular complexity index is 650. The van der Waals surface area contributed by atoms with E-state index in [4.69, 9.17) is 4.74 Å². The molecule has 22 heavy (non-hydrogen) atoms. The van der Waals surface area contributed by atoms with Crippen LogP contribution in [-0.2, 0) is 11.2 Å². The van der Waals surface area contributed by atoms with Crippen molar-refractivity contribution in [2.45, 2.75) is 67.1 Å². The van der Waals surface area contributed by atoms with E-state index in [1.54, 1.807) is 0 Å². The lowest BCUT2D eigenvalue weighted by molar-refractivity contribution is 0.0300. The zero-order valence-corrected chi connectivity index (χ0v) is 15.6. The molecule has 0 atom stereocenters. The van der Waals surface area contributed by atoms with Gasteiger partial charge in [0.05, 0.1) is 22.9 Å². The van der Waals surface area contributed by atoms with Crippen LogP contribution in [0.4, 0.5) is 0 Å². The number of benzene rings is 1. The molecule has 1 heterocycles. The van der Waals surface area contributed by atoms with Crippen LogP contribution in [0.2, 0.25) is 0 Å². The molecule has 0 saturated carbocycles. The molecular weight excluding hydrogens is 290 g/mol. The van der Waals surface area contributed by atoms with Crippen molar-refractivity contribution >= 4 is 11.3 Å². The number of nitrogens with zero attached hydrogens (tertiary/aromatic N) is 1. The Morgan fingerprint density at radius 3 is 2.14 bits per heavy atom. The van der Waals surface area contributed by atoms with Gasteiger partial charge in [-0.3, -0.25) is 0 Å². The first-order valence-electron chi connectivity index (χ1n) is 8.00. The van der Waals surface area contributed by atoms with E-state index in [0.29, 0.717) is 12.2 Å². The van der Waals surface area contributed by atoms with Crippen LogP contribution < -0.4 is 0 Å². The summed E-state index contributed by atoms with van der Waals surface area (Å²) in [4.78, 5) is 6.06. The second-order valence-corrected chi connectivity index (χ2v) is 7.80. The lowest BCUT2D eigenvalue weighted by Gasteiger charge is -2.09. The van der Waals surface area contributed by atoms with E-state index in [-0.39, 0.29) is 0 Å². The fraction of sp³-hybridized carbons (Fsp3) is 0.526. The molecule has 1 aromatic carbocycles. The molecule has 1 aliphatic rings. The summed E-state index contributed by atoms with van der Waals surface area (Å²) in [7, 11) is 0. The van der Waals surface area contributed by atoms with Gasteiger partial charge in [-0.15, -0.1) is 11.3 Å². The molecule has 3 heteroatoms. The molecule has 2 nitrogen and oxygen atoms in total. The number of thiazole rings is 1. The molecule has 0 bridgehead atoms. The second-order valence-electron chi connectivity index (χ2n) is 6.51. The summed E-state index contributed by atoms with van der Waals surface area (Å²) in [6.45, 7) is 14.6. The fourth-order valence-electron chi connectivity index (χ4n) is 2.76. The van der Waals surface area contributed by atoms with Crippen molar-refractivity contribution < 1.29 is 4.74 Å². The molecule has 0 fully saturated rings. The molecular formula is C19H27NOS. The van der Waals surface area contributed by atoms with Crippen molar-refractivity contribution in [2.24, 2.45) is 0 Å². The fourth-order valence-corrected chi connectivity index (χ4v) is 3.73. The monoisotopic (exact) mass is 317 g/mol. The molecule has 0 amide bonds. The van der Waals surface area contributed by atoms with Crippen molar-refractivity contribution in [2.75, 3.05) is 0 Å². The minimum atomic E-state index is 0.375. The van der Waals surface area contributed by atoms with Crippen LogP contribution in [-0.4, -0.2) is 17.2 Å². The van der Waals surface area contributed by atoms with Gasteiger partial charge in [0.2, 0.25) is 0 Å². The largest absolute Gasteiger partial charge is 0.376 e. The first-order chi connectivity index (χ1) is 10.3. The van der Waals surface area contributed by atoms with E-state index in [1.807, 2.05) is 39.0 Å². The molecule has 0 saturated heterocycles. The average Bonchev–Trinajstić information content (AvgIpc) is 2.86. The van der Waals surface area contributed by atoms with Crippen LogP contribution >= 0.6 is 11.3 Å². The van der Waals surface area contributed by atoms with E-state index in [0.717, 1.165) is 6.42 Å². The molecule has 0 radical (unpaired) electrons. The number of hydrogen-bond acceptors (Lipinski definition) is 3. The molecule has 0 aliphatic heterocycles. The Kier molecular flexibility index (Phi) is 5.41. The lowest BCUT2D eigenvalue weighted by Crippen LogP contribution is -2.09. The highest BCUT2D eigenvalue weighted by Crippen LogP contribution is 2.40. The van der Waals surface area contributed by atoms with Gasteiger partial charge in [0.15, 0.2) is 0 Å². The van der Waals surface area contributed by atoms with Crippen LogP contribution in [0.25, 0.3) is 11.3 Å². The van der Waals surface area contributed by atoms with Crippen molar-refractivity contribution in [3.8, 4) is 11.3 Å². The maximum atomic E-state index is 5.25. The van der Waals surface area contributed by atoms with Crippen LogP contribution in [0.3, 0.4) is 0 Å². The Balaban J connectivity index is 0.000000217. The Hall–Kier alpha value is -1.19. The number of ether oxygens (including phenoxy) is 1. The Labute approximate surface area is 138 Å². The van der Waals surface area contributed by atoms with Gasteiger partial charge < -0.3 is 4.74 Å².